The third kappa shape index (κ3) is 4.73. The highest BCUT2D eigenvalue weighted by Crippen LogP contribution is 2.58. The van der Waals surface area contributed by atoms with Gasteiger partial charge in [-0.3, -0.25) is 0 Å². The fourth-order valence-electron chi connectivity index (χ4n) is 6.48. The maximum Gasteiger partial charge on any atom is 0.174 e. The second kappa shape index (κ2) is 11.2. The van der Waals surface area contributed by atoms with Crippen LogP contribution in [0.15, 0.2) is 158 Å². The predicted octanol–water partition coefficient (Wildman–Crippen LogP) is 7.80. The summed E-state index contributed by atoms with van der Waals surface area (Å²) in [6.45, 7) is 7.16. The molecule has 0 atom stereocenters. The molecule has 210 valence electrons. The molecule has 0 aliphatic carbocycles. The molecule has 1 heterocycles. The predicted molar refractivity (Wildman–Crippen MR) is 188 cm³/mol. The lowest BCUT2D eigenvalue weighted by Crippen LogP contribution is -2.35. The standard InChI is InChI=1S/C40H35OP2/c1-40(2)34-26-16-28-36(42(30-18-8-4-9-19-30)31-20-10-5-11-21-31)38(34)41-39-35(40)27-17-29-37(39)43(3,32-22-12-6-13-23-32)33-24-14-7-15-25-33/h4-29H,1-3H3/q+1. The Labute approximate surface area is 257 Å². The quantitative estimate of drug-likeness (QED) is 0.179. The zero-order valence-corrected chi connectivity index (χ0v) is 26.6. The largest absolute Gasteiger partial charge is 0.452 e. The first kappa shape index (κ1) is 27.8. The van der Waals surface area contributed by atoms with Crippen LogP contribution in [0.1, 0.15) is 25.0 Å². The third-order valence-electron chi connectivity index (χ3n) is 8.84. The lowest BCUT2D eigenvalue weighted by Gasteiger charge is -2.38. The number of hydrogen-bond acceptors (Lipinski definition) is 1. The highest BCUT2D eigenvalue weighted by atomic mass is 31.2. The number of rotatable bonds is 6. The molecule has 3 heteroatoms. The Bertz CT molecular complexity index is 1790. The molecule has 1 aliphatic heterocycles. The van der Waals surface area contributed by atoms with E-state index < -0.39 is 15.2 Å². The van der Waals surface area contributed by atoms with Gasteiger partial charge in [0, 0.05) is 21.8 Å². The topological polar surface area (TPSA) is 9.23 Å². The van der Waals surface area contributed by atoms with Crippen molar-refractivity contribution in [2.24, 2.45) is 0 Å². The van der Waals surface area contributed by atoms with Gasteiger partial charge in [-0.2, -0.15) is 0 Å². The van der Waals surface area contributed by atoms with E-state index in [1.165, 1.54) is 43.0 Å². The van der Waals surface area contributed by atoms with Crippen LogP contribution >= 0.6 is 15.2 Å². The average Bonchev–Trinajstić information content (AvgIpc) is 3.06. The highest BCUT2D eigenvalue weighted by Gasteiger charge is 2.47. The molecular weight excluding hydrogens is 558 g/mol. The molecule has 0 bridgehead atoms. The molecule has 0 unspecified atom stereocenters. The molecule has 0 radical (unpaired) electrons. The third-order valence-corrected chi connectivity index (χ3v) is 15.3. The van der Waals surface area contributed by atoms with Crippen LogP contribution < -0.4 is 36.6 Å². The van der Waals surface area contributed by atoms with Gasteiger partial charge in [-0.15, -0.1) is 0 Å². The normalized spacial score (nSPS) is 13.6. The first-order valence-electron chi connectivity index (χ1n) is 14.8. The van der Waals surface area contributed by atoms with E-state index in [0.717, 1.165) is 11.5 Å². The van der Waals surface area contributed by atoms with Gasteiger partial charge in [0.2, 0.25) is 0 Å². The van der Waals surface area contributed by atoms with Gasteiger partial charge < -0.3 is 4.74 Å². The first-order chi connectivity index (χ1) is 21.0. The summed E-state index contributed by atoms with van der Waals surface area (Å²) in [7, 11) is -2.86. The van der Waals surface area contributed by atoms with Crippen molar-refractivity contribution in [3.8, 4) is 11.5 Å². The lowest BCUT2D eigenvalue weighted by molar-refractivity contribution is 0.425. The molecular formula is C40H35OP2+. The van der Waals surface area contributed by atoms with Crippen molar-refractivity contribution in [2.75, 3.05) is 6.66 Å². The molecule has 0 spiro atoms. The minimum Gasteiger partial charge on any atom is -0.452 e. The molecule has 6 aromatic rings. The summed E-state index contributed by atoms with van der Waals surface area (Å²) in [5.74, 6) is 2.03. The summed E-state index contributed by atoms with van der Waals surface area (Å²) < 4.78 is 7.33. The zero-order chi connectivity index (χ0) is 29.4. The van der Waals surface area contributed by atoms with Crippen molar-refractivity contribution in [3.05, 3.63) is 169 Å². The lowest BCUT2D eigenvalue weighted by atomic mass is 9.76. The Balaban J connectivity index is 1.48. The Hall–Kier alpha value is -4.02. The number of fused-ring (bicyclic) bond motifs is 2. The van der Waals surface area contributed by atoms with E-state index in [9.17, 15) is 0 Å². The van der Waals surface area contributed by atoms with Crippen LogP contribution in [-0.2, 0) is 5.41 Å². The van der Waals surface area contributed by atoms with Crippen LogP contribution in [0.4, 0.5) is 0 Å². The van der Waals surface area contributed by atoms with E-state index in [1.807, 2.05) is 0 Å². The summed E-state index contributed by atoms with van der Waals surface area (Å²) >= 11 is 0. The number of hydrogen-bond donors (Lipinski definition) is 0. The van der Waals surface area contributed by atoms with Crippen LogP contribution in [0.5, 0.6) is 11.5 Å². The summed E-state index contributed by atoms with van der Waals surface area (Å²) in [6.07, 6.45) is 0. The summed E-state index contributed by atoms with van der Waals surface area (Å²) in [4.78, 5) is 0. The zero-order valence-electron chi connectivity index (χ0n) is 24.8. The van der Waals surface area contributed by atoms with Gasteiger partial charge in [0.15, 0.2) is 5.75 Å². The average molecular weight is 594 g/mol. The van der Waals surface area contributed by atoms with Gasteiger partial charge in [-0.1, -0.05) is 141 Å². The monoisotopic (exact) mass is 593 g/mol. The molecule has 0 fully saturated rings. The molecule has 6 aromatic carbocycles. The molecule has 0 amide bonds. The van der Waals surface area contributed by atoms with Gasteiger partial charge in [-0.05, 0) is 48.9 Å². The van der Waals surface area contributed by atoms with Gasteiger partial charge in [0.1, 0.15) is 28.9 Å². The van der Waals surface area contributed by atoms with Gasteiger partial charge in [0.05, 0.1) is 6.66 Å². The second-order valence-electron chi connectivity index (χ2n) is 11.7. The van der Waals surface area contributed by atoms with Crippen molar-refractivity contribution in [3.63, 3.8) is 0 Å². The molecule has 0 N–H and O–H groups in total. The maximum absolute atomic E-state index is 7.33. The van der Waals surface area contributed by atoms with E-state index >= 15 is 0 Å². The van der Waals surface area contributed by atoms with E-state index in [4.69, 9.17) is 4.74 Å². The number of ether oxygens (including phenoxy) is 1. The smallest absolute Gasteiger partial charge is 0.174 e. The second-order valence-corrected chi connectivity index (χ2v) is 17.4. The van der Waals surface area contributed by atoms with E-state index in [0.29, 0.717) is 0 Å². The van der Waals surface area contributed by atoms with Gasteiger partial charge in [0.25, 0.3) is 0 Å². The Morgan fingerprint density at radius 2 is 0.930 bits per heavy atom. The summed E-state index contributed by atoms with van der Waals surface area (Å²) in [6, 6.07) is 57.5. The Morgan fingerprint density at radius 3 is 1.44 bits per heavy atom. The molecule has 0 saturated heterocycles. The fraction of sp³-hybridized carbons (Fsp3) is 0.100. The molecule has 1 aliphatic rings. The van der Waals surface area contributed by atoms with Gasteiger partial charge in [-0.25, -0.2) is 0 Å². The van der Waals surface area contributed by atoms with Crippen molar-refractivity contribution < 1.29 is 4.74 Å². The van der Waals surface area contributed by atoms with E-state index in [2.05, 4.69) is 178 Å². The molecule has 43 heavy (non-hydrogen) atoms. The SMILES string of the molecule is CC1(C)c2cccc(P(c3ccccc3)c3ccccc3)c2Oc2c1cccc2[P+](C)(c1ccccc1)c1ccccc1. The minimum atomic E-state index is -2.03. The van der Waals surface area contributed by atoms with E-state index in [1.54, 1.807) is 0 Å². The highest BCUT2D eigenvalue weighted by molar-refractivity contribution is 7.95. The first-order valence-corrected chi connectivity index (χ1v) is 18.4. The molecule has 1 nitrogen and oxygen atoms in total. The van der Waals surface area contributed by atoms with Crippen LogP contribution in [0.3, 0.4) is 0 Å². The Morgan fingerprint density at radius 1 is 0.488 bits per heavy atom. The van der Waals surface area contributed by atoms with Crippen molar-refractivity contribution in [2.45, 2.75) is 19.3 Å². The van der Waals surface area contributed by atoms with Crippen molar-refractivity contribution >= 4 is 47.0 Å². The molecule has 7 rings (SSSR count). The van der Waals surface area contributed by atoms with Crippen LogP contribution in [0.2, 0.25) is 0 Å². The number of para-hydroxylation sites is 2. The van der Waals surface area contributed by atoms with Crippen molar-refractivity contribution in [1.82, 2.24) is 0 Å². The van der Waals surface area contributed by atoms with Crippen LogP contribution in [-0.4, -0.2) is 6.66 Å². The molecule has 0 saturated carbocycles. The van der Waals surface area contributed by atoms with E-state index in [-0.39, 0.29) is 5.41 Å². The summed E-state index contributed by atoms with van der Waals surface area (Å²) in [5.41, 5.74) is 2.26. The maximum atomic E-state index is 7.33. The number of benzene rings is 6. The summed E-state index contributed by atoms with van der Waals surface area (Å²) in [5, 5.41) is 7.90. The minimum absolute atomic E-state index is 0.235. The van der Waals surface area contributed by atoms with Gasteiger partial charge >= 0.3 is 0 Å². The van der Waals surface area contributed by atoms with Crippen molar-refractivity contribution in [1.29, 1.82) is 0 Å². The van der Waals surface area contributed by atoms with Crippen LogP contribution in [0, 0.1) is 0 Å². The molecule has 0 aromatic heterocycles. The Kier molecular flexibility index (Phi) is 7.26. The van der Waals surface area contributed by atoms with Crippen LogP contribution in [0.25, 0.3) is 0 Å². The fourth-order valence-corrected chi connectivity index (χ4v) is 12.2.